The number of aryl methyl sites for hydroxylation is 1. The number of rotatable bonds is 7. The molecule has 0 spiro atoms. The Bertz CT molecular complexity index is 1040. The highest BCUT2D eigenvalue weighted by Crippen LogP contribution is 2.23. The fourth-order valence-corrected chi connectivity index (χ4v) is 4.71. The minimum atomic E-state index is -3.87. The fourth-order valence-electron chi connectivity index (χ4n) is 3.45. The Labute approximate surface area is 182 Å². The molecule has 168 valence electrons. The van der Waals surface area contributed by atoms with E-state index in [1.54, 1.807) is 13.8 Å². The zero-order valence-electron chi connectivity index (χ0n) is 17.9. The zero-order valence-corrected chi connectivity index (χ0v) is 18.7. The number of nitrogens with one attached hydrogen (secondary N) is 1. The van der Waals surface area contributed by atoms with Gasteiger partial charge in [0.15, 0.2) is 0 Å². The average Bonchev–Trinajstić information content (AvgIpc) is 3.23. The van der Waals surface area contributed by atoms with Crippen LogP contribution < -0.4 is 9.62 Å². The highest BCUT2D eigenvalue weighted by atomic mass is 32.2. The minimum absolute atomic E-state index is 0.0598. The maximum Gasteiger partial charge on any atom is 0.373 e. The van der Waals surface area contributed by atoms with Gasteiger partial charge < -0.3 is 19.0 Å². The molecule has 1 N–H and O–H groups in total. The van der Waals surface area contributed by atoms with Gasteiger partial charge in [-0.2, -0.15) is 0 Å². The Morgan fingerprint density at radius 2 is 1.77 bits per heavy atom. The number of carbonyl (C=O) groups is 2. The Morgan fingerprint density at radius 1 is 1.13 bits per heavy atom. The summed E-state index contributed by atoms with van der Waals surface area (Å²) in [6, 6.07) is 8.81. The van der Waals surface area contributed by atoms with Crippen LogP contribution in [0.5, 0.6) is 0 Å². The van der Waals surface area contributed by atoms with E-state index in [1.165, 1.54) is 13.2 Å². The molecule has 31 heavy (non-hydrogen) atoms. The molecule has 1 aliphatic heterocycles. The van der Waals surface area contributed by atoms with Crippen molar-refractivity contribution in [2.24, 2.45) is 0 Å². The van der Waals surface area contributed by atoms with Crippen LogP contribution in [-0.4, -0.2) is 58.5 Å². The molecule has 10 heteroatoms. The van der Waals surface area contributed by atoms with Crippen molar-refractivity contribution in [2.45, 2.75) is 31.7 Å². The molecular formula is C21H27N3O6S. The van der Waals surface area contributed by atoms with Crippen LogP contribution in [0.1, 0.15) is 35.7 Å². The van der Waals surface area contributed by atoms with Gasteiger partial charge in [-0.3, -0.25) is 4.79 Å². The summed E-state index contributed by atoms with van der Waals surface area (Å²) in [5, 5.41) is 0. The van der Waals surface area contributed by atoms with Crippen molar-refractivity contribution in [1.82, 2.24) is 9.62 Å². The number of methoxy groups -OCH3 is 1. The molecule has 0 saturated carbocycles. The van der Waals surface area contributed by atoms with Gasteiger partial charge in [-0.05, 0) is 17.7 Å². The topological polar surface area (TPSA) is 109 Å². The smallest absolute Gasteiger partial charge is 0.373 e. The highest BCUT2D eigenvalue weighted by Gasteiger charge is 2.25. The normalized spacial score (nSPS) is 14.5. The van der Waals surface area contributed by atoms with E-state index in [2.05, 4.69) is 14.4 Å². The van der Waals surface area contributed by atoms with E-state index in [9.17, 15) is 18.0 Å². The van der Waals surface area contributed by atoms with Gasteiger partial charge in [0.05, 0.1) is 7.11 Å². The number of piperazine rings is 1. The monoisotopic (exact) mass is 449 g/mol. The van der Waals surface area contributed by atoms with E-state index < -0.39 is 16.0 Å². The fraction of sp³-hybridized carbons (Fsp3) is 0.429. The van der Waals surface area contributed by atoms with Gasteiger partial charge in [-0.1, -0.05) is 19.1 Å². The van der Waals surface area contributed by atoms with E-state index in [0.717, 1.165) is 24.3 Å². The van der Waals surface area contributed by atoms with Crippen LogP contribution in [0.15, 0.2) is 39.6 Å². The van der Waals surface area contributed by atoms with Crippen LogP contribution in [0, 0.1) is 0 Å². The second kappa shape index (κ2) is 9.52. The second-order valence-corrected chi connectivity index (χ2v) is 8.96. The number of hydrogen-bond acceptors (Lipinski definition) is 7. The Balaban J connectivity index is 1.64. The number of furan rings is 1. The third-order valence-corrected chi connectivity index (χ3v) is 6.71. The van der Waals surface area contributed by atoms with Crippen LogP contribution in [0.2, 0.25) is 0 Å². The van der Waals surface area contributed by atoms with Crippen LogP contribution >= 0.6 is 0 Å². The van der Waals surface area contributed by atoms with Crippen LogP contribution in [-0.2, 0) is 32.5 Å². The molecule has 0 atom stereocenters. The molecule has 0 aliphatic carbocycles. The summed E-state index contributed by atoms with van der Waals surface area (Å²) in [7, 11) is -2.66. The van der Waals surface area contributed by atoms with E-state index in [4.69, 9.17) is 4.42 Å². The first-order valence-electron chi connectivity index (χ1n) is 10.0. The van der Waals surface area contributed by atoms with Crippen molar-refractivity contribution in [3.05, 3.63) is 47.4 Å². The van der Waals surface area contributed by atoms with Gasteiger partial charge in [0, 0.05) is 57.8 Å². The highest BCUT2D eigenvalue weighted by molar-refractivity contribution is 7.89. The van der Waals surface area contributed by atoms with Crippen molar-refractivity contribution in [1.29, 1.82) is 0 Å². The molecule has 0 bridgehead atoms. The second-order valence-electron chi connectivity index (χ2n) is 7.23. The number of ether oxygens (including phenoxy) is 1. The summed E-state index contributed by atoms with van der Waals surface area (Å²) in [6.07, 6.45) is 0.318. The summed E-state index contributed by atoms with van der Waals surface area (Å²) in [4.78, 5) is 27.1. The van der Waals surface area contributed by atoms with E-state index in [1.807, 2.05) is 29.2 Å². The van der Waals surface area contributed by atoms with Gasteiger partial charge in [0.25, 0.3) is 0 Å². The Hall–Kier alpha value is -2.85. The summed E-state index contributed by atoms with van der Waals surface area (Å²) in [5.74, 6) is -0.581. The Morgan fingerprint density at radius 3 is 2.32 bits per heavy atom. The lowest BCUT2D eigenvalue weighted by Crippen LogP contribution is -2.48. The van der Waals surface area contributed by atoms with Crippen molar-refractivity contribution < 1.29 is 27.2 Å². The number of carbonyl (C=O) groups excluding carboxylic acids is 2. The molecule has 1 amide bonds. The minimum Gasteiger partial charge on any atom is -0.463 e. The van der Waals surface area contributed by atoms with Gasteiger partial charge in [-0.15, -0.1) is 0 Å². The molecule has 1 aliphatic rings. The van der Waals surface area contributed by atoms with Crippen LogP contribution in [0.4, 0.5) is 5.69 Å². The van der Waals surface area contributed by atoms with Gasteiger partial charge in [-0.25, -0.2) is 17.9 Å². The molecule has 3 rings (SSSR count). The van der Waals surface area contributed by atoms with Crippen molar-refractivity contribution in [3.63, 3.8) is 0 Å². The number of amides is 1. The third-order valence-electron chi connectivity index (χ3n) is 5.26. The van der Waals surface area contributed by atoms with Crippen LogP contribution in [0.3, 0.4) is 0 Å². The maximum absolute atomic E-state index is 12.7. The predicted molar refractivity (Wildman–Crippen MR) is 114 cm³/mol. The number of anilines is 1. The number of sulfonamides is 1. The predicted octanol–water partition coefficient (Wildman–Crippen LogP) is 1.78. The SMILES string of the molecule is CCc1oc(C(=O)OC)cc1S(=O)(=O)NCc1ccc(N2CCN(C(C)=O)CC2)cc1. The first-order valence-corrected chi connectivity index (χ1v) is 11.5. The number of esters is 1. The van der Waals surface area contributed by atoms with Gasteiger partial charge in [0.1, 0.15) is 10.7 Å². The van der Waals surface area contributed by atoms with E-state index >= 15 is 0 Å². The molecule has 0 unspecified atom stereocenters. The lowest BCUT2D eigenvalue weighted by Gasteiger charge is -2.35. The largest absolute Gasteiger partial charge is 0.463 e. The molecule has 2 aromatic rings. The van der Waals surface area contributed by atoms with E-state index in [0.29, 0.717) is 19.5 Å². The van der Waals surface area contributed by atoms with Crippen molar-refractivity contribution in [2.75, 3.05) is 38.2 Å². The molecule has 1 aromatic carbocycles. The van der Waals surface area contributed by atoms with Gasteiger partial charge in [0.2, 0.25) is 21.7 Å². The van der Waals surface area contributed by atoms with Crippen LogP contribution in [0.25, 0.3) is 0 Å². The summed E-state index contributed by atoms with van der Waals surface area (Å²) in [5.41, 5.74) is 1.82. The molecule has 9 nitrogen and oxygen atoms in total. The lowest BCUT2D eigenvalue weighted by atomic mass is 10.2. The third kappa shape index (κ3) is 5.26. The van der Waals surface area contributed by atoms with Crippen molar-refractivity contribution >= 4 is 27.6 Å². The number of hydrogen-bond donors (Lipinski definition) is 1. The molecule has 1 aromatic heterocycles. The number of benzene rings is 1. The van der Waals surface area contributed by atoms with Crippen molar-refractivity contribution in [3.8, 4) is 0 Å². The Kier molecular flexibility index (Phi) is 7.01. The standard InChI is InChI=1S/C21H27N3O6S/c1-4-18-20(13-19(30-18)21(26)29-3)31(27,28)22-14-16-5-7-17(8-6-16)24-11-9-23(10-12-24)15(2)25/h5-8,13,22H,4,9-12,14H2,1-3H3. The molecule has 1 fully saturated rings. The first kappa shape index (κ1) is 22.8. The average molecular weight is 450 g/mol. The summed E-state index contributed by atoms with van der Waals surface area (Å²) in [6.45, 7) is 6.32. The summed E-state index contributed by atoms with van der Waals surface area (Å²) >= 11 is 0. The quantitative estimate of drug-likeness (QED) is 0.642. The molecular weight excluding hydrogens is 422 g/mol. The first-order chi connectivity index (χ1) is 14.7. The molecule has 0 radical (unpaired) electrons. The maximum atomic E-state index is 12.7. The van der Waals surface area contributed by atoms with Gasteiger partial charge >= 0.3 is 5.97 Å². The molecule has 2 heterocycles. The zero-order chi connectivity index (χ0) is 22.6. The number of nitrogens with zero attached hydrogens (tertiary/aromatic N) is 2. The van der Waals surface area contributed by atoms with E-state index in [-0.39, 0.29) is 28.9 Å². The lowest BCUT2D eigenvalue weighted by molar-refractivity contribution is -0.129. The molecule has 1 saturated heterocycles. The summed E-state index contributed by atoms with van der Waals surface area (Å²) < 4.78 is 38.0.